The Morgan fingerprint density at radius 2 is 1.90 bits per heavy atom. The molecule has 1 aromatic carbocycles. The van der Waals surface area contributed by atoms with E-state index < -0.39 is 0 Å². The summed E-state index contributed by atoms with van der Waals surface area (Å²) in [7, 11) is 3.09. The summed E-state index contributed by atoms with van der Waals surface area (Å²) >= 11 is 0. The molecule has 118 valence electrons. The van der Waals surface area contributed by atoms with Crippen LogP contribution >= 0.6 is 0 Å². The molecule has 0 fully saturated rings. The number of esters is 1. The smallest absolute Gasteiger partial charge is 0.307 e. The molecule has 0 aliphatic heterocycles. The molecule has 1 aromatic rings. The molecule has 1 N–H and O–H groups in total. The zero-order chi connectivity index (χ0) is 15.5. The number of benzene rings is 1. The Balaban J connectivity index is 2.54. The van der Waals surface area contributed by atoms with Gasteiger partial charge >= 0.3 is 5.97 Å². The van der Waals surface area contributed by atoms with Crippen molar-refractivity contribution in [2.24, 2.45) is 0 Å². The molecule has 0 aliphatic carbocycles. The van der Waals surface area contributed by atoms with Crippen LogP contribution in [0.3, 0.4) is 0 Å². The van der Waals surface area contributed by atoms with E-state index in [2.05, 4.69) is 12.2 Å². The van der Waals surface area contributed by atoms with E-state index in [1.54, 1.807) is 7.11 Å². The van der Waals surface area contributed by atoms with Gasteiger partial charge in [-0.05, 0) is 37.1 Å². The first-order chi connectivity index (χ1) is 10.2. The van der Waals surface area contributed by atoms with Crippen molar-refractivity contribution in [3.8, 4) is 5.75 Å². The third-order valence-corrected chi connectivity index (χ3v) is 3.50. The molecular formula is C17H27NO3. The summed E-state index contributed by atoms with van der Waals surface area (Å²) in [6, 6.07) is 8.08. The van der Waals surface area contributed by atoms with Crippen molar-refractivity contribution in [3.63, 3.8) is 0 Å². The zero-order valence-electron chi connectivity index (χ0n) is 13.4. The molecule has 0 aliphatic rings. The molecular weight excluding hydrogens is 266 g/mol. The third-order valence-electron chi connectivity index (χ3n) is 3.50. The van der Waals surface area contributed by atoms with Gasteiger partial charge in [0.1, 0.15) is 5.75 Å². The van der Waals surface area contributed by atoms with Crippen LogP contribution in [0.2, 0.25) is 0 Å². The van der Waals surface area contributed by atoms with Crippen LogP contribution in [0.5, 0.6) is 5.75 Å². The van der Waals surface area contributed by atoms with Crippen molar-refractivity contribution in [1.82, 2.24) is 5.32 Å². The lowest BCUT2D eigenvalue weighted by atomic mass is 10.0. The van der Waals surface area contributed by atoms with Crippen LogP contribution in [0.15, 0.2) is 24.3 Å². The van der Waals surface area contributed by atoms with Crippen molar-refractivity contribution in [2.45, 2.75) is 45.1 Å². The van der Waals surface area contributed by atoms with Crippen LogP contribution in [0.25, 0.3) is 0 Å². The molecule has 4 heteroatoms. The first-order valence-electron chi connectivity index (χ1n) is 7.62. The van der Waals surface area contributed by atoms with Gasteiger partial charge < -0.3 is 14.8 Å². The van der Waals surface area contributed by atoms with Crippen molar-refractivity contribution in [1.29, 1.82) is 0 Å². The first-order valence-corrected chi connectivity index (χ1v) is 7.62. The summed E-state index contributed by atoms with van der Waals surface area (Å²) in [5, 5.41) is 3.46. The molecule has 21 heavy (non-hydrogen) atoms. The van der Waals surface area contributed by atoms with E-state index in [1.807, 2.05) is 24.3 Å². The summed E-state index contributed by atoms with van der Waals surface area (Å²) < 4.78 is 9.94. The van der Waals surface area contributed by atoms with Gasteiger partial charge in [0.25, 0.3) is 0 Å². The van der Waals surface area contributed by atoms with E-state index in [9.17, 15) is 4.79 Å². The highest BCUT2D eigenvalue weighted by atomic mass is 16.5. The summed E-state index contributed by atoms with van der Waals surface area (Å²) in [5.74, 6) is 0.677. The Hall–Kier alpha value is -1.55. The topological polar surface area (TPSA) is 47.6 Å². The van der Waals surface area contributed by atoms with Gasteiger partial charge in [0, 0.05) is 6.04 Å². The van der Waals surface area contributed by atoms with Crippen LogP contribution in [-0.2, 0) is 16.0 Å². The number of hydrogen-bond donors (Lipinski definition) is 1. The highest BCUT2D eigenvalue weighted by Crippen LogP contribution is 2.14. The number of methoxy groups -OCH3 is 2. The predicted molar refractivity (Wildman–Crippen MR) is 84.6 cm³/mol. The van der Waals surface area contributed by atoms with E-state index in [-0.39, 0.29) is 12.0 Å². The fourth-order valence-corrected chi connectivity index (χ4v) is 2.23. The molecule has 0 aromatic heterocycles. The van der Waals surface area contributed by atoms with Gasteiger partial charge in [-0.25, -0.2) is 0 Å². The maximum absolute atomic E-state index is 11.5. The molecule has 1 atom stereocenters. The fraction of sp³-hybridized carbons (Fsp3) is 0.588. The van der Waals surface area contributed by atoms with E-state index >= 15 is 0 Å². The maximum atomic E-state index is 11.5. The Morgan fingerprint density at radius 3 is 2.48 bits per heavy atom. The second-order valence-electron chi connectivity index (χ2n) is 5.19. The lowest BCUT2D eigenvalue weighted by molar-refractivity contribution is -0.141. The highest BCUT2D eigenvalue weighted by Gasteiger charge is 2.14. The average molecular weight is 293 g/mol. The van der Waals surface area contributed by atoms with Gasteiger partial charge in [-0.1, -0.05) is 31.9 Å². The van der Waals surface area contributed by atoms with E-state index in [1.165, 1.54) is 25.5 Å². The number of nitrogens with one attached hydrogen (secondary N) is 1. The summed E-state index contributed by atoms with van der Waals surface area (Å²) in [4.78, 5) is 11.5. The number of carbonyl (C=O) groups is 1. The molecule has 0 saturated carbocycles. The van der Waals surface area contributed by atoms with Crippen LogP contribution in [0.4, 0.5) is 0 Å². The lowest BCUT2D eigenvalue weighted by Gasteiger charge is -2.18. The van der Waals surface area contributed by atoms with Crippen LogP contribution in [0, 0.1) is 0 Å². The average Bonchev–Trinajstić information content (AvgIpc) is 2.52. The lowest BCUT2D eigenvalue weighted by Crippen LogP contribution is -2.34. The molecule has 1 rings (SSSR count). The second kappa shape index (κ2) is 10.2. The van der Waals surface area contributed by atoms with Crippen LogP contribution in [0.1, 0.15) is 38.2 Å². The minimum Gasteiger partial charge on any atom is -0.497 e. The highest BCUT2D eigenvalue weighted by molar-refractivity contribution is 5.70. The molecule has 1 unspecified atom stereocenters. The Labute approximate surface area is 127 Å². The molecule has 4 nitrogen and oxygen atoms in total. The number of ether oxygens (including phenoxy) is 2. The minimum atomic E-state index is -0.170. The fourth-order valence-electron chi connectivity index (χ4n) is 2.23. The largest absolute Gasteiger partial charge is 0.497 e. The summed E-state index contributed by atoms with van der Waals surface area (Å²) in [6.45, 7) is 3.12. The number of unbranched alkanes of at least 4 members (excludes halogenated alkanes) is 2. The molecule has 0 radical (unpaired) electrons. The standard InChI is InChI=1S/C17H27NO3/c1-4-5-6-11-18-15(13-17(19)21-3)12-14-7-9-16(20-2)10-8-14/h7-10,15,18H,4-6,11-13H2,1-3H3. The Bertz CT molecular complexity index is 403. The van der Waals surface area contributed by atoms with Crippen molar-refractivity contribution < 1.29 is 14.3 Å². The zero-order valence-corrected chi connectivity index (χ0v) is 13.4. The third kappa shape index (κ3) is 7.14. The van der Waals surface area contributed by atoms with Gasteiger partial charge in [0.05, 0.1) is 20.6 Å². The molecule has 0 saturated heterocycles. The molecule has 0 bridgehead atoms. The summed E-state index contributed by atoms with van der Waals surface area (Å²) in [5.41, 5.74) is 1.19. The molecule has 0 heterocycles. The quantitative estimate of drug-likeness (QED) is 0.532. The number of hydrogen-bond acceptors (Lipinski definition) is 4. The van der Waals surface area contributed by atoms with Crippen molar-refractivity contribution in [3.05, 3.63) is 29.8 Å². The normalized spacial score (nSPS) is 12.0. The first kappa shape index (κ1) is 17.5. The minimum absolute atomic E-state index is 0.114. The van der Waals surface area contributed by atoms with Gasteiger partial charge in [0.2, 0.25) is 0 Å². The second-order valence-corrected chi connectivity index (χ2v) is 5.19. The predicted octanol–water partition coefficient (Wildman–Crippen LogP) is 2.95. The maximum Gasteiger partial charge on any atom is 0.307 e. The molecule has 0 spiro atoms. The van der Waals surface area contributed by atoms with Gasteiger partial charge in [-0.2, -0.15) is 0 Å². The van der Waals surface area contributed by atoms with Crippen LogP contribution in [-0.4, -0.2) is 32.8 Å². The van der Waals surface area contributed by atoms with Gasteiger partial charge in [-0.3, -0.25) is 4.79 Å². The van der Waals surface area contributed by atoms with E-state index in [4.69, 9.17) is 9.47 Å². The number of carbonyl (C=O) groups excluding carboxylic acids is 1. The van der Waals surface area contributed by atoms with Crippen molar-refractivity contribution in [2.75, 3.05) is 20.8 Å². The monoisotopic (exact) mass is 293 g/mol. The Morgan fingerprint density at radius 1 is 1.19 bits per heavy atom. The molecule has 0 amide bonds. The van der Waals surface area contributed by atoms with E-state index in [0.29, 0.717) is 6.42 Å². The SMILES string of the molecule is CCCCCNC(CC(=O)OC)Cc1ccc(OC)cc1. The van der Waals surface area contributed by atoms with Crippen LogP contribution < -0.4 is 10.1 Å². The van der Waals surface area contributed by atoms with Gasteiger partial charge in [-0.15, -0.1) is 0 Å². The van der Waals surface area contributed by atoms with Gasteiger partial charge in [0.15, 0.2) is 0 Å². The summed E-state index contributed by atoms with van der Waals surface area (Å²) in [6.07, 6.45) is 4.75. The Kier molecular flexibility index (Phi) is 8.51. The van der Waals surface area contributed by atoms with E-state index in [0.717, 1.165) is 25.1 Å². The van der Waals surface area contributed by atoms with Crippen molar-refractivity contribution >= 4 is 5.97 Å². The number of rotatable bonds is 10.